The van der Waals surface area contributed by atoms with Crippen molar-refractivity contribution in [3.8, 4) is 11.3 Å². The Hall–Kier alpha value is -2.56. The Balaban J connectivity index is 1.59. The van der Waals surface area contributed by atoms with Crippen LogP contribution in [-0.4, -0.2) is 44.1 Å². The first-order chi connectivity index (χ1) is 15.6. The van der Waals surface area contributed by atoms with E-state index in [9.17, 15) is 21.6 Å². The largest absolute Gasteiger partial charge is 0.452 e. The molecule has 0 spiro atoms. The average Bonchev–Trinajstić information content (AvgIpc) is 3.30. The maximum atomic E-state index is 13.5. The molecule has 0 atom stereocenters. The van der Waals surface area contributed by atoms with Gasteiger partial charge < -0.3 is 9.42 Å². The number of sulfonamides is 1. The summed E-state index contributed by atoms with van der Waals surface area (Å²) < 4.78 is 71.4. The van der Waals surface area contributed by atoms with Crippen LogP contribution in [-0.2, 0) is 22.6 Å². The minimum absolute atomic E-state index is 0.0651. The van der Waals surface area contributed by atoms with Gasteiger partial charge in [-0.2, -0.15) is 17.5 Å². The van der Waals surface area contributed by atoms with Crippen LogP contribution < -0.4 is 4.90 Å². The van der Waals surface area contributed by atoms with Crippen LogP contribution in [0.15, 0.2) is 57.9 Å². The summed E-state index contributed by atoms with van der Waals surface area (Å²) in [5.41, 5.74) is 1.66. The molecule has 11 heteroatoms. The number of hydrogen-bond acceptors (Lipinski definition) is 5. The number of halogens is 4. The van der Waals surface area contributed by atoms with Crippen molar-refractivity contribution in [2.24, 2.45) is 0 Å². The number of nitrogens with zero attached hydrogens (tertiary/aromatic N) is 3. The third-order valence-electron chi connectivity index (χ3n) is 5.56. The lowest BCUT2D eigenvalue weighted by Gasteiger charge is -2.35. The monoisotopic (exact) mass is 499 g/mol. The molecule has 0 bridgehead atoms. The molecule has 1 saturated heterocycles. The minimum atomic E-state index is -4.67. The van der Waals surface area contributed by atoms with Gasteiger partial charge in [0, 0.05) is 48.5 Å². The Morgan fingerprint density at radius 2 is 1.79 bits per heavy atom. The maximum Gasteiger partial charge on any atom is 0.452 e. The molecule has 2 heterocycles. The standard InChI is InChI=1S/C22H21ClF3N3O3S/c1-2-15-6-7-16(19-14-21(32-27-19)22(24,25)26)12-20(15)33(30,31)29-10-8-28(9-11-29)18-5-3-4-17(23)13-18/h3-7,12-14H,2,8-11H2,1H3. The summed E-state index contributed by atoms with van der Waals surface area (Å²) in [4.78, 5) is 2.12. The summed E-state index contributed by atoms with van der Waals surface area (Å²) in [6, 6.07) is 12.7. The number of alkyl halides is 3. The Morgan fingerprint density at radius 1 is 1.06 bits per heavy atom. The van der Waals surface area contributed by atoms with Crippen LogP contribution in [0.3, 0.4) is 0 Å². The lowest BCUT2D eigenvalue weighted by molar-refractivity contribution is -0.155. The molecule has 6 nitrogen and oxygen atoms in total. The fourth-order valence-corrected chi connectivity index (χ4v) is 5.72. The van der Waals surface area contributed by atoms with Gasteiger partial charge in [0.15, 0.2) is 0 Å². The lowest BCUT2D eigenvalue weighted by atomic mass is 10.1. The third kappa shape index (κ3) is 4.87. The van der Waals surface area contributed by atoms with Crippen LogP contribution in [0.5, 0.6) is 0 Å². The number of aryl methyl sites for hydroxylation is 1. The van der Waals surface area contributed by atoms with Gasteiger partial charge in [-0.25, -0.2) is 8.42 Å². The summed E-state index contributed by atoms with van der Waals surface area (Å²) in [7, 11) is -3.87. The van der Waals surface area contributed by atoms with Crippen molar-refractivity contribution in [3.05, 3.63) is 64.9 Å². The normalized spacial score (nSPS) is 15.7. The predicted molar refractivity (Wildman–Crippen MR) is 119 cm³/mol. The van der Waals surface area contributed by atoms with Gasteiger partial charge in [0.2, 0.25) is 15.8 Å². The van der Waals surface area contributed by atoms with Crippen LogP contribution in [0.4, 0.5) is 18.9 Å². The first kappa shape index (κ1) is 23.6. The quantitative estimate of drug-likeness (QED) is 0.489. The molecule has 0 radical (unpaired) electrons. The number of piperazine rings is 1. The van der Waals surface area contributed by atoms with Gasteiger partial charge in [-0.15, -0.1) is 0 Å². The van der Waals surface area contributed by atoms with Gasteiger partial charge in [0.1, 0.15) is 5.69 Å². The Labute approximate surface area is 194 Å². The molecule has 1 aliphatic heterocycles. The molecule has 3 aromatic rings. The number of rotatable bonds is 5. The van der Waals surface area contributed by atoms with Crippen molar-refractivity contribution in [2.75, 3.05) is 31.1 Å². The van der Waals surface area contributed by atoms with E-state index in [-0.39, 0.29) is 29.2 Å². The summed E-state index contributed by atoms with van der Waals surface area (Å²) in [5, 5.41) is 4.08. The average molecular weight is 500 g/mol. The molecule has 176 valence electrons. The van der Waals surface area contributed by atoms with Gasteiger partial charge in [0.25, 0.3) is 0 Å². The zero-order chi connectivity index (χ0) is 23.8. The minimum Gasteiger partial charge on any atom is -0.369 e. The van der Waals surface area contributed by atoms with E-state index in [1.165, 1.54) is 10.4 Å². The first-order valence-electron chi connectivity index (χ1n) is 10.3. The second-order valence-corrected chi connectivity index (χ2v) is 9.96. The highest BCUT2D eigenvalue weighted by Crippen LogP contribution is 2.34. The van der Waals surface area contributed by atoms with E-state index in [4.69, 9.17) is 11.6 Å². The van der Waals surface area contributed by atoms with Crippen molar-refractivity contribution in [1.29, 1.82) is 0 Å². The van der Waals surface area contributed by atoms with Crippen LogP contribution in [0.1, 0.15) is 18.2 Å². The van der Waals surface area contributed by atoms with E-state index in [1.807, 2.05) is 25.1 Å². The molecule has 4 rings (SSSR count). The van der Waals surface area contributed by atoms with Crippen LogP contribution in [0, 0.1) is 0 Å². The molecule has 1 fully saturated rings. The highest BCUT2D eigenvalue weighted by molar-refractivity contribution is 7.89. The van der Waals surface area contributed by atoms with Gasteiger partial charge in [-0.3, -0.25) is 0 Å². The van der Waals surface area contributed by atoms with Crippen molar-refractivity contribution >= 4 is 27.3 Å². The first-order valence-corrected chi connectivity index (χ1v) is 12.1. The zero-order valence-electron chi connectivity index (χ0n) is 17.6. The molecule has 0 amide bonds. The van der Waals surface area contributed by atoms with Crippen LogP contribution >= 0.6 is 11.6 Å². The van der Waals surface area contributed by atoms with E-state index in [2.05, 4.69) is 14.6 Å². The molecule has 2 aromatic carbocycles. The van der Waals surface area contributed by atoms with Crippen molar-refractivity contribution in [3.63, 3.8) is 0 Å². The lowest BCUT2D eigenvalue weighted by Crippen LogP contribution is -2.48. The van der Waals surface area contributed by atoms with E-state index in [1.54, 1.807) is 18.2 Å². The van der Waals surface area contributed by atoms with Crippen molar-refractivity contribution in [1.82, 2.24) is 9.46 Å². The van der Waals surface area contributed by atoms with E-state index >= 15 is 0 Å². The fraction of sp³-hybridized carbons (Fsp3) is 0.318. The van der Waals surface area contributed by atoms with Crippen LogP contribution in [0.25, 0.3) is 11.3 Å². The number of anilines is 1. The van der Waals surface area contributed by atoms with E-state index in [0.29, 0.717) is 30.1 Å². The second kappa shape index (κ2) is 9.00. The van der Waals surface area contributed by atoms with Crippen LogP contribution in [0.2, 0.25) is 5.02 Å². The van der Waals surface area contributed by atoms with Gasteiger partial charge >= 0.3 is 6.18 Å². The van der Waals surface area contributed by atoms with E-state index < -0.39 is 22.0 Å². The highest BCUT2D eigenvalue weighted by Gasteiger charge is 2.36. The van der Waals surface area contributed by atoms with Crippen molar-refractivity contribution < 1.29 is 26.1 Å². The molecule has 1 aliphatic rings. The molecule has 0 saturated carbocycles. The molecule has 33 heavy (non-hydrogen) atoms. The molecular formula is C22H21ClF3N3O3S. The predicted octanol–water partition coefficient (Wildman–Crippen LogP) is 5.09. The second-order valence-electron chi connectivity index (χ2n) is 7.62. The molecule has 0 N–H and O–H groups in total. The SMILES string of the molecule is CCc1ccc(-c2cc(C(F)(F)F)on2)cc1S(=O)(=O)N1CCN(c2cccc(Cl)c2)CC1. The topological polar surface area (TPSA) is 66.7 Å². The third-order valence-corrected chi connectivity index (χ3v) is 7.78. The summed E-state index contributed by atoms with van der Waals surface area (Å²) in [6.07, 6.45) is -4.23. The summed E-state index contributed by atoms with van der Waals surface area (Å²) >= 11 is 6.06. The summed E-state index contributed by atoms with van der Waals surface area (Å²) in [5.74, 6) is -1.24. The highest BCUT2D eigenvalue weighted by atomic mass is 35.5. The van der Waals surface area contributed by atoms with Gasteiger partial charge in [-0.05, 0) is 36.2 Å². The Bertz CT molecular complexity index is 1250. The number of hydrogen-bond donors (Lipinski definition) is 0. The number of benzene rings is 2. The smallest absolute Gasteiger partial charge is 0.369 e. The molecular weight excluding hydrogens is 479 g/mol. The zero-order valence-corrected chi connectivity index (χ0v) is 19.2. The number of aromatic nitrogens is 1. The summed E-state index contributed by atoms with van der Waals surface area (Å²) in [6.45, 7) is 3.33. The molecule has 1 aromatic heterocycles. The van der Waals surface area contributed by atoms with Gasteiger partial charge in [0.05, 0.1) is 4.90 Å². The van der Waals surface area contributed by atoms with Gasteiger partial charge in [-0.1, -0.05) is 41.9 Å². The van der Waals surface area contributed by atoms with Crippen molar-refractivity contribution in [2.45, 2.75) is 24.4 Å². The maximum absolute atomic E-state index is 13.5. The molecule has 0 unspecified atom stereocenters. The Morgan fingerprint density at radius 3 is 2.39 bits per heavy atom. The molecule has 0 aliphatic carbocycles. The fourth-order valence-electron chi connectivity index (χ4n) is 3.79. The Kier molecular flexibility index (Phi) is 6.43. The van der Waals surface area contributed by atoms with E-state index in [0.717, 1.165) is 11.8 Å².